The number of ether oxygens (including phenoxy) is 1. The molecule has 5 nitrogen and oxygen atoms in total. The Labute approximate surface area is 164 Å². The molecule has 2 aliphatic rings. The van der Waals surface area contributed by atoms with Gasteiger partial charge < -0.3 is 4.74 Å². The molecule has 28 heavy (non-hydrogen) atoms. The molecule has 0 radical (unpaired) electrons. The number of imide groups is 1. The van der Waals surface area contributed by atoms with Crippen molar-refractivity contribution in [2.75, 3.05) is 4.90 Å². The summed E-state index contributed by atoms with van der Waals surface area (Å²) in [5.74, 6) is -0.165. The second-order valence-corrected chi connectivity index (χ2v) is 7.89. The minimum absolute atomic E-state index is 0.114. The van der Waals surface area contributed by atoms with Gasteiger partial charge in [-0.3, -0.25) is 14.5 Å². The summed E-state index contributed by atoms with van der Waals surface area (Å²) in [6.45, 7) is 4.09. The summed E-state index contributed by atoms with van der Waals surface area (Å²) in [4.78, 5) is 39.2. The van der Waals surface area contributed by atoms with E-state index in [9.17, 15) is 14.4 Å². The predicted molar refractivity (Wildman–Crippen MR) is 105 cm³/mol. The summed E-state index contributed by atoms with van der Waals surface area (Å²) >= 11 is 0. The van der Waals surface area contributed by atoms with Crippen LogP contribution in [0, 0.1) is 24.7 Å². The first kappa shape index (κ1) is 18.4. The van der Waals surface area contributed by atoms with Gasteiger partial charge in [0, 0.05) is 0 Å². The number of hydrogen-bond acceptors (Lipinski definition) is 4. The van der Waals surface area contributed by atoms with Crippen LogP contribution >= 0.6 is 0 Å². The van der Waals surface area contributed by atoms with Crippen molar-refractivity contribution in [3.05, 3.63) is 59.7 Å². The van der Waals surface area contributed by atoms with Crippen LogP contribution in [-0.4, -0.2) is 17.8 Å². The van der Waals surface area contributed by atoms with Crippen molar-refractivity contribution in [1.29, 1.82) is 0 Å². The molecule has 1 saturated carbocycles. The van der Waals surface area contributed by atoms with Gasteiger partial charge in [0.2, 0.25) is 11.8 Å². The second-order valence-electron chi connectivity index (χ2n) is 7.89. The normalized spacial score (nSPS) is 24.2. The Kier molecular flexibility index (Phi) is 4.75. The summed E-state index contributed by atoms with van der Waals surface area (Å²) in [5.41, 5.74) is 1.97. The fraction of sp³-hybridized carbons (Fsp3) is 0.348. The molecule has 0 spiro atoms. The molecule has 144 valence electrons. The Morgan fingerprint density at radius 1 is 0.929 bits per heavy atom. The molecular weight excluding hydrogens is 354 g/mol. The topological polar surface area (TPSA) is 63.7 Å². The van der Waals surface area contributed by atoms with Crippen molar-refractivity contribution in [3.63, 3.8) is 0 Å². The van der Waals surface area contributed by atoms with Gasteiger partial charge in [0.25, 0.3) is 0 Å². The number of hydrogen-bond donors (Lipinski definition) is 0. The lowest BCUT2D eigenvalue weighted by Gasteiger charge is -2.25. The van der Waals surface area contributed by atoms with Crippen LogP contribution in [-0.2, 0) is 9.59 Å². The van der Waals surface area contributed by atoms with Crippen molar-refractivity contribution >= 4 is 23.5 Å². The van der Waals surface area contributed by atoms with Crippen molar-refractivity contribution in [3.8, 4) is 5.75 Å². The Bertz CT molecular complexity index is 917. The molecule has 1 aliphatic carbocycles. The van der Waals surface area contributed by atoms with E-state index in [0.717, 1.165) is 24.8 Å². The minimum atomic E-state index is -0.475. The molecule has 0 unspecified atom stereocenters. The maximum atomic E-state index is 12.8. The van der Waals surface area contributed by atoms with E-state index >= 15 is 0 Å². The molecule has 1 saturated heterocycles. The number of nitrogens with zero attached hydrogens (tertiary/aromatic N) is 1. The lowest BCUT2D eigenvalue weighted by Crippen LogP contribution is -2.30. The minimum Gasteiger partial charge on any atom is -0.423 e. The van der Waals surface area contributed by atoms with Crippen LogP contribution in [0.25, 0.3) is 0 Å². The predicted octanol–water partition coefficient (Wildman–Crippen LogP) is 4.14. The highest BCUT2D eigenvalue weighted by atomic mass is 16.5. The number of carbonyl (C=O) groups is 3. The van der Waals surface area contributed by atoms with E-state index in [0.29, 0.717) is 22.9 Å². The molecule has 1 aliphatic heterocycles. The van der Waals surface area contributed by atoms with E-state index in [2.05, 4.69) is 6.92 Å². The quantitative estimate of drug-likeness (QED) is 0.458. The van der Waals surface area contributed by atoms with E-state index in [4.69, 9.17) is 4.74 Å². The van der Waals surface area contributed by atoms with Crippen LogP contribution in [0.15, 0.2) is 48.5 Å². The Morgan fingerprint density at radius 2 is 1.57 bits per heavy atom. The first-order valence-electron chi connectivity index (χ1n) is 9.71. The third-order valence-corrected chi connectivity index (χ3v) is 5.78. The van der Waals surface area contributed by atoms with E-state index in [-0.39, 0.29) is 23.7 Å². The summed E-state index contributed by atoms with van der Waals surface area (Å²) in [5, 5.41) is 0. The Hall–Kier alpha value is -2.95. The average Bonchev–Trinajstić information content (AvgIpc) is 2.93. The van der Waals surface area contributed by atoms with Crippen molar-refractivity contribution in [2.45, 2.75) is 33.1 Å². The van der Waals surface area contributed by atoms with E-state index in [1.807, 2.05) is 19.1 Å². The zero-order chi connectivity index (χ0) is 19.8. The summed E-state index contributed by atoms with van der Waals surface area (Å²) in [7, 11) is 0. The molecule has 2 aromatic carbocycles. The molecule has 2 fully saturated rings. The lowest BCUT2D eigenvalue weighted by molar-refractivity contribution is -0.122. The van der Waals surface area contributed by atoms with Crippen LogP contribution in [0.2, 0.25) is 0 Å². The lowest BCUT2D eigenvalue weighted by atomic mass is 9.76. The third-order valence-electron chi connectivity index (χ3n) is 5.78. The molecule has 2 amide bonds. The maximum absolute atomic E-state index is 12.8. The third kappa shape index (κ3) is 3.33. The maximum Gasteiger partial charge on any atom is 0.343 e. The highest BCUT2D eigenvalue weighted by molar-refractivity contribution is 6.22. The average molecular weight is 377 g/mol. The largest absolute Gasteiger partial charge is 0.423 e. The van der Waals surface area contributed by atoms with E-state index in [1.165, 1.54) is 4.90 Å². The fourth-order valence-corrected chi connectivity index (χ4v) is 4.16. The SMILES string of the molecule is Cc1ccc(OC(=O)c2ccc(N3C(=O)[C@@H]4CC[C@@H](C)C[C@H]4C3=O)cc2)cc1. The number of aryl methyl sites for hydroxylation is 1. The van der Waals surface area contributed by atoms with Crippen molar-refractivity contribution in [2.24, 2.45) is 17.8 Å². The number of anilines is 1. The number of amides is 2. The Balaban J connectivity index is 1.50. The van der Waals surface area contributed by atoms with Crippen LogP contribution in [0.4, 0.5) is 5.69 Å². The molecule has 2 aromatic rings. The molecule has 0 bridgehead atoms. The van der Waals surface area contributed by atoms with Crippen molar-refractivity contribution < 1.29 is 19.1 Å². The van der Waals surface area contributed by atoms with Gasteiger partial charge >= 0.3 is 5.97 Å². The standard InChI is InChI=1S/C23H23NO4/c1-14-3-10-18(11-4-14)28-23(27)16-6-8-17(9-7-16)24-21(25)19-12-5-15(2)13-20(19)22(24)26/h3-4,6-11,15,19-20H,5,12-13H2,1-2H3/t15-,19-,20-/m1/s1. The van der Waals surface area contributed by atoms with Gasteiger partial charge in [0.15, 0.2) is 0 Å². The Morgan fingerprint density at radius 3 is 2.25 bits per heavy atom. The van der Waals surface area contributed by atoms with Gasteiger partial charge in [0.05, 0.1) is 23.1 Å². The molecule has 3 atom stereocenters. The first-order chi connectivity index (χ1) is 13.4. The monoisotopic (exact) mass is 377 g/mol. The smallest absolute Gasteiger partial charge is 0.343 e. The van der Waals surface area contributed by atoms with Gasteiger partial charge in [0.1, 0.15) is 5.75 Å². The van der Waals surface area contributed by atoms with Gasteiger partial charge in [-0.15, -0.1) is 0 Å². The number of rotatable bonds is 3. The van der Waals surface area contributed by atoms with Gasteiger partial charge in [-0.2, -0.15) is 0 Å². The van der Waals surface area contributed by atoms with Gasteiger partial charge in [-0.25, -0.2) is 4.79 Å². The molecular formula is C23H23NO4. The zero-order valence-corrected chi connectivity index (χ0v) is 16.1. The van der Waals surface area contributed by atoms with Crippen molar-refractivity contribution in [1.82, 2.24) is 0 Å². The van der Waals surface area contributed by atoms with Crippen LogP contribution in [0.5, 0.6) is 5.75 Å². The molecule has 0 N–H and O–H groups in total. The number of fused-ring (bicyclic) bond motifs is 1. The number of carbonyl (C=O) groups excluding carboxylic acids is 3. The summed E-state index contributed by atoms with van der Waals surface area (Å²) < 4.78 is 5.37. The van der Waals surface area contributed by atoms with Gasteiger partial charge in [-0.05, 0) is 68.5 Å². The van der Waals surface area contributed by atoms with Crippen LogP contribution < -0.4 is 9.64 Å². The molecule has 4 rings (SSSR count). The molecule has 5 heteroatoms. The molecule has 1 heterocycles. The fourth-order valence-electron chi connectivity index (χ4n) is 4.16. The summed E-state index contributed by atoms with van der Waals surface area (Å²) in [6.07, 6.45) is 2.53. The van der Waals surface area contributed by atoms with Crippen LogP contribution in [0.1, 0.15) is 42.1 Å². The highest BCUT2D eigenvalue weighted by Gasteiger charge is 2.49. The molecule has 0 aromatic heterocycles. The number of benzene rings is 2. The van der Waals surface area contributed by atoms with E-state index in [1.54, 1.807) is 36.4 Å². The zero-order valence-electron chi connectivity index (χ0n) is 16.1. The second kappa shape index (κ2) is 7.23. The summed E-state index contributed by atoms with van der Waals surface area (Å²) in [6, 6.07) is 13.7. The van der Waals surface area contributed by atoms with Crippen LogP contribution in [0.3, 0.4) is 0 Å². The van der Waals surface area contributed by atoms with Gasteiger partial charge in [-0.1, -0.05) is 24.6 Å². The number of esters is 1. The van der Waals surface area contributed by atoms with E-state index < -0.39 is 5.97 Å². The first-order valence-corrected chi connectivity index (χ1v) is 9.71. The highest BCUT2D eigenvalue weighted by Crippen LogP contribution is 2.42.